The third-order valence-corrected chi connectivity index (χ3v) is 9.07. The molecule has 2 unspecified atom stereocenters. The number of aromatic amines is 1. The Kier molecular flexibility index (Phi) is 7.31. The van der Waals surface area contributed by atoms with Gasteiger partial charge in [0, 0.05) is 56.6 Å². The molecule has 4 aromatic rings. The van der Waals surface area contributed by atoms with Gasteiger partial charge in [0.1, 0.15) is 5.69 Å². The molecule has 2 atom stereocenters. The van der Waals surface area contributed by atoms with E-state index >= 15 is 0 Å². The third kappa shape index (κ3) is 5.23. The molecule has 1 aliphatic carbocycles. The topological polar surface area (TPSA) is 126 Å². The number of amides is 1. The Balaban J connectivity index is 1.56. The normalized spacial score (nSPS) is 23.3. The van der Waals surface area contributed by atoms with Gasteiger partial charge >= 0.3 is 5.76 Å². The molecule has 1 amide bonds. The Morgan fingerprint density at radius 2 is 1.85 bits per heavy atom. The van der Waals surface area contributed by atoms with E-state index in [-0.39, 0.29) is 23.8 Å². The highest BCUT2D eigenvalue weighted by Gasteiger charge is 2.35. The summed E-state index contributed by atoms with van der Waals surface area (Å²) in [6.07, 6.45) is 8.06. The maximum atomic E-state index is 12.3. The average molecular weight is 579 g/mol. The molecular weight excluding hydrogens is 544 g/mol. The van der Waals surface area contributed by atoms with Crippen molar-refractivity contribution in [3.05, 3.63) is 40.1 Å². The fraction of sp³-hybridized carbons (Fsp3) is 0.517. The van der Waals surface area contributed by atoms with E-state index < -0.39 is 5.76 Å². The summed E-state index contributed by atoms with van der Waals surface area (Å²) in [7, 11) is 0. The molecule has 1 N–H and O–H groups in total. The summed E-state index contributed by atoms with van der Waals surface area (Å²) in [5.41, 5.74) is 3.43. The molecule has 0 spiro atoms. The molecule has 1 saturated carbocycles. The van der Waals surface area contributed by atoms with Gasteiger partial charge in [-0.2, -0.15) is 0 Å². The van der Waals surface area contributed by atoms with Crippen LogP contribution < -0.4 is 10.7 Å². The van der Waals surface area contributed by atoms with Crippen LogP contribution in [-0.4, -0.2) is 65.6 Å². The van der Waals surface area contributed by atoms with Crippen molar-refractivity contribution in [3.63, 3.8) is 0 Å². The van der Waals surface area contributed by atoms with Gasteiger partial charge in [0.2, 0.25) is 17.7 Å². The van der Waals surface area contributed by atoms with Gasteiger partial charge in [-0.3, -0.25) is 19.3 Å². The molecule has 216 valence electrons. The molecule has 12 heteroatoms. The number of fused-ring (bicyclic) bond motifs is 1. The first-order valence-electron chi connectivity index (χ1n) is 14.3. The van der Waals surface area contributed by atoms with Crippen molar-refractivity contribution < 1.29 is 9.32 Å². The Morgan fingerprint density at radius 1 is 1.07 bits per heavy atom. The second-order valence-corrected chi connectivity index (χ2v) is 12.0. The van der Waals surface area contributed by atoms with Crippen molar-refractivity contribution in [1.29, 1.82) is 0 Å². The molecule has 0 aromatic carbocycles. The number of pyridine rings is 2. The minimum Gasteiger partial charge on any atom is -0.336 e. The summed E-state index contributed by atoms with van der Waals surface area (Å²) in [6, 6.07) is 3.75. The van der Waals surface area contributed by atoms with Gasteiger partial charge in [-0.05, 0) is 50.7 Å². The molecule has 11 nitrogen and oxygen atoms in total. The predicted molar refractivity (Wildman–Crippen MR) is 157 cm³/mol. The van der Waals surface area contributed by atoms with Crippen LogP contribution in [0.25, 0.3) is 33.8 Å². The molecule has 2 fully saturated rings. The van der Waals surface area contributed by atoms with Gasteiger partial charge in [0.05, 0.1) is 21.7 Å². The van der Waals surface area contributed by atoms with Gasteiger partial charge in [0.25, 0.3) is 0 Å². The van der Waals surface area contributed by atoms with Gasteiger partial charge in [-0.15, -0.1) is 0 Å². The quantitative estimate of drug-likeness (QED) is 0.359. The van der Waals surface area contributed by atoms with Crippen molar-refractivity contribution in [2.45, 2.75) is 72.0 Å². The molecule has 4 aromatic heterocycles. The second kappa shape index (κ2) is 10.9. The number of anilines is 1. The van der Waals surface area contributed by atoms with E-state index in [0.717, 1.165) is 47.8 Å². The lowest BCUT2D eigenvalue weighted by molar-refractivity contribution is -0.131. The van der Waals surface area contributed by atoms with Crippen LogP contribution in [0.1, 0.15) is 53.4 Å². The van der Waals surface area contributed by atoms with Crippen molar-refractivity contribution in [2.75, 3.05) is 18.0 Å². The third-order valence-electron chi connectivity index (χ3n) is 8.87. The largest absolute Gasteiger partial charge is 0.439 e. The molecule has 5 heterocycles. The zero-order chi connectivity index (χ0) is 28.8. The molecule has 0 bridgehead atoms. The molecule has 0 radical (unpaired) electrons. The highest BCUT2D eigenvalue weighted by atomic mass is 35.5. The van der Waals surface area contributed by atoms with Crippen LogP contribution in [0.5, 0.6) is 0 Å². The first-order valence-corrected chi connectivity index (χ1v) is 14.7. The highest BCUT2D eigenvalue weighted by Crippen LogP contribution is 2.38. The van der Waals surface area contributed by atoms with Crippen LogP contribution in [0.3, 0.4) is 0 Å². The molecule has 2 aliphatic rings. The summed E-state index contributed by atoms with van der Waals surface area (Å²) in [5.74, 6) is 1.75. The number of carbonyl (C=O) groups excluding carboxylic acids is 1. The number of hydrogen-bond acceptors (Lipinski definition) is 8. The lowest BCUT2D eigenvalue weighted by Crippen LogP contribution is -2.59. The van der Waals surface area contributed by atoms with Crippen molar-refractivity contribution in [3.8, 4) is 22.8 Å². The number of carbonyl (C=O) groups is 1. The summed E-state index contributed by atoms with van der Waals surface area (Å²) >= 11 is 6.39. The maximum Gasteiger partial charge on any atom is 0.439 e. The molecule has 41 heavy (non-hydrogen) atoms. The standard InChI is InChI=1S/C29H35ClN8O3/c1-16-5-7-20(8-6-16)15-38-26-23(33-28(38)37-10-9-36(19(4)39)17(2)18(37)3)12-24(27-34-29(40)41-35-27)32-25(26)21-11-22(30)14-31-13-21/h11-14,16-18,20H,5-10,15H2,1-4H3,(H,34,35,40)/t16-,17?,18?,20-. The van der Waals surface area contributed by atoms with E-state index in [4.69, 9.17) is 26.1 Å². The molecule has 1 aliphatic heterocycles. The van der Waals surface area contributed by atoms with Gasteiger partial charge in [-0.1, -0.05) is 36.5 Å². The van der Waals surface area contributed by atoms with E-state index in [0.29, 0.717) is 35.4 Å². The monoisotopic (exact) mass is 578 g/mol. The number of aromatic nitrogens is 6. The number of H-pyrrole nitrogens is 1. The lowest BCUT2D eigenvalue weighted by atomic mass is 9.83. The van der Waals surface area contributed by atoms with E-state index in [1.165, 1.54) is 12.8 Å². The average Bonchev–Trinajstić information content (AvgIpc) is 3.54. The van der Waals surface area contributed by atoms with E-state index in [1.807, 2.05) is 17.0 Å². The summed E-state index contributed by atoms with van der Waals surface area (Å²) < 4.78 is 7.09. The van der Waals surface area contributed by atoms with Crippen LogP contribution in [0.15, 0.2) is 33.8 Å². The molecular formula is C29H35ClN8O3. The Labute approximate surface area is 242 Å². The first kappa shape index (κ1) is 27.4. The minimum absolute atomic E-state index is 0.0236. The zero-order valence-corrected chi connectivity index (χ0v) is 24.6. The number of rotatable bonds is 5. The summed E-state index contributed by atoms with van der Waals surface area (Å²) in [6.45, 7) is 10.3. The van der Waals surface area contributed by atoms with Crippen LogP contribution >= 0.6 is 11.6 Å². The van der Waals surface area contributed by atoms with E-state index in [9.17, 15) is 9.59 Å². The number of nitrogens with one attached hydrogen (secondary N) is 1. The Morgan fingerprint density at radius 3 is 2.54 bits per heavy atom. The predicted octanol–water partition coefficient (Wildman–Crippen LogP) is 4.76. The van der Waals surface area contributed by atoms with Gasteiger partial charge < -0.3 is 14.4 Å². The van der Waals surface area contributed by atoms with Crippen LogP contribution in [0.4, 0.5) is 5.95 Å². The second-order valence-electron chi connectivity index (χ2n) is 11.6. The fourth-order valence-electron chi connectivity index (χ4n) is 6.38. The molecule has 6 rings (SSSR count). The SMILES string of the molecule is CC(=O)N1CCN(c2nc3cc(-c4noc(=O)[nH]4)nc(-c4cncc(Cl)c4)c3n2C[C@H]2CC[C@H](C)CC2)C(C)C1C. The maximum absolute atomic E-state index is 12.3. The molecule has 1 saturated heterocycles. The van der Waals surface area contributed by atoms with Crippen molar-refractivity contribution in [2.24, 2.45) is 11.8 Å². The summed E-state index contributed by atoms with van der Waals surface area (Å²) in [4.78, 5) is 45.5. The fourth-order valence-corrected chi connectivity index (χ4v) is 6.55. The van der Waals surface area contributed by atoms with Crippen LogP contribution in [0, 0.1) is 11.8 Å². The lowest BCUT2D eigenvalue weighted by Gasteiger charge is -2.45. The van der Waals surface area contributed by atoms with Crippen LogP contribution in [0.2, 0.25) is 5.02 Å². The first-order chi connectivity index (χ1) is 19.7. The smallest absolute Gasteiger partial charge is 0.336 e. The van der Waals surface area contributed by atoms with Gasteiger partial charge in [0.15, 0.2) is 0 Å². The number of halogens is 1. The zero-order valence-electron chi connectivity index (χ0n) is 23.8. The number of piperazine rings is 1. The highest BCUT2D eigenvalue weighted by molar-refractivity contribution is 6.30. The van der Waals surface area contributed by atoms with E-state index in [2.05, 4.69) is 45.4 Å². The number of nitrogens with zero attached hydrogens (tertiary/aromatic N) is 7. The number of imidazole rings is 1. The van der Waals surface area contributed by atoms with E-state index in [1.54, 1.807) is 19.3 Å². The summed E-state index contributed by atoms with van der Waals surface area (Å²) in [5, 5.41) is 4.38. The van der Waals surface area contributed by atoms with Crippen LogP contribution in [-0.2, 0) is 11.3 Å². The van der Waals surface area contributed by atoms with Crippen molar-refractivity contribution >= 4 is 34.5 Å². The van der Waals surface area contributed by atoms with Crippen molar-refractivity contribution in [1.82, 2.24) is 34.6 Å². The number of hydrogen-bond donors (Lipinski definition) is 1. The minimum atomic E-state index is -0.656. The Bertz CT molecular complexity index is 1640. The van der Waals surface area contributed by atoms with Gasteiger partial charge in [-0.25, -0.2) is 14.8 Å². The Hall–Kier alpha value is -3.73.